The van der Waals surface area contributed by atoms with E-state index in [1.165, 1.54) is 11.8 Å². The lowest BCUT2D eigenvalue weighted by atomic mass is 9.96. The average Bonchev–Trinajstić information content (AvgIpc) is 2.68. The van der Waals surface area contributed by atoms with E-state index >= 15 is 0 Å². The SMILES string of the molecule is CC(C)S(=O)(=O)NCC(C)(O)c1ccc(N(C=O)c2ccc(C#N)cc2)cc1. The lowest BCUT2D eigenvalue weighted by Crippen LogP contribution is -2.41. The summed E-state index contributed by atoms with van der Waals surface area (Å²) in [6.07, 6.45) is 0.658. The van der Waals surface area contributed by atoms with Gasteiger partial charge < -0.3 is 5.11 Å². The summed E-state index contributed by atoms with van der Waals surface area (Å²) in [6, 6.07) is 15.2. The van der Waals surface area contributed by atoms with Gasteiger partial charge in [0.1, 0.15) is 5.60 Å². The Balaban J connectivity index is 2.20. The van der Waals surface area contributed by atoms with E-state index in [0.717, 1.165) is 0 Å². The fourth-order valence-electron chi connectivity index (χ4n) is 2.46. The number of hydrogen-bond donors (Lipinski definition) is 2. The van der Waals surface area contributed by atoms with Crippen molar-refractivity contribution < 1.29 is 18.3 Å². The lowest BCUT2D eigenvalue weighted by Gasteiger charge is -2.26. The van der Waals surface area contributed by atoms with Gasteiger partial charge in [0.2, 0.25) is 16.4 Å². The van der Waals surface area contributed by atoms with Crippen LogP contribution < -0.4 is 9.62 Å². The van der Waals surface area contributed by atoms with E-state index in [1.807, 2.05) is 6.07 Å². The van der Waals surface area contributed by atoms with Crippen molar-refractivity contribution in [2.45, 2.75) is 31.6 Å². The molecule has 1 amide bonds. The normalized spacial score (nSPS) is 13.6. The van der Waals surface area contributed by atoms with Crippen LogP contribution in [0.15, 0.2) is 48.5 Å². The van der Waals surface area contributed by atoms with Gasteiger partial charge in [0.05, 0.1) is 16.9 Å². The van der Waals surface area contributed by atoms with Gasteiger partial charge in [0, 0.05) is 17.9 Å². The standard InChI is InChI=1S/C20H23N3O4S/c1-15(2)28(26,27)22-13-20(3,25)17-6-10-19(11-7-17)23(14-24)18-8-4-16(12-21)5-9-18/h4-11,14-15,22,25H,13H2,1-3H3. The first-order valence-electron chi connectivity index (χ1n) is 8.67. The smallest absolute Gasteiger partial charge is 0.218 e. The molecule has 2 aromatic carbocycles. The Kier molecular flexibility index (Phi) is 6.56. The maximum atomic E-state index is 11.9. The van der Waals surface area contributed by atoms with Crippen molar-refractivity contribution in [1.29, 1.82) is 5.26 Å². The molecule has 2 aromatic rings. The molecule has 148 valence electrons. The van der Waals surface area contributed by atoms with Crippen molar-refractivity contribution in [2.75, 3.05) is 11.4 Å². The summed E-state index contributed by atoms with van der Waals surface area (Å²) in [5.74, 6) is 0. The van der Waals surface area contributed by atoms with Crippen LogP contribution in [0, 0.1) is 11.3 Å². The number of nitriles is 1. The number of nitrogens with one attached hydrogen (secondary N) is 1. The molecule has 0 saturated carbocycles. The molecule has 28 heavy (non-hydrogen) atoms. The minimum absolute atomic E-state index is 0.167. The van der Waals surface area contributed by atoms with Gasteiger partial charge in [-0.15, -0.1) is 0 Å². The van der Waals surface area contributed by atoms with Crippen molar-refractivity contribution in [3.05, 3.63) is 59.7 Å². The number of sulfonamides is 1. The van der Waals surface area contributed by atoms with Crippen molar-refractivity contribution in [2.24, 2.45) is 0 Å². The molecule has 1 atom stereocenters. The second kappa shape index (κ2) is 8.52. The maximum Gasteiger partial charge on any atom is 0.218 e. The first-order chi connectivity index (χ1) is 13.1. The van der Waals surface area contributed by atoms with Crippen molar-refractivity contribution in [1.82, 2.24) is 4.72 Å². The lowest BCUT2D eigenvalue weighted by molar-refractivity contribution is -0.106. The molecule has 0 spiro atoms. The molecule has 2 rings (SSSR count). The van der Waals surface area contributed by atoms with Gasteiger partial charge in [-0.05, 0) is 62.7 Å². The van der Waals surface area contributed by atoms with E-state index in [4.69, 9.17) is 5.26 Å². The zero-order valence-corrected chi connectivity index (χ0v) is 16.8. The minimum Gasteiger partial charge on any atom is -0.384 e. The molecule has 0 aliphatic heterocycles. The van der Waals surface area contributed by atoms with E-state index in [-0.39, 0.29) is 6.54 Å². The molecular formula is C20H23N3O4S. The molecule has 8 heteroatoms. The summed E-state index contributed by atoms with van der Waals surface area (Å²) in [6.45, 7) is 4.47. The van der Waals surface area contributed by atoms with Gasteiger partial charge in [0.25, 0.3) is 0 Å². The Morgan fingerprint density at radius 2 is 1.64 bits per heavy atom. The van der Waals surface area contributed by atoms with Gasteiger partial charge in [-0.2, -0.15) is 5.26 Å². The summed E-state index contributed by atoms with van der Waals surface area (Å²) in [4.78, 5) is 13.0. The monoisotopic (exact) mass is 401 g/mol. The van der Waals surface area contributed by atoms with Crippen molar-refractivity contribution in [3.63, 3.8) is 0 Å². The van der Waals surface area contributed by atoms with Gasteiger partial charge in [0.15, 0.2) is 0 Å². The molecule has 2 N–H and O–H groups in total. The highest BCUT2D eigenvalue weighted by molar-refractivity contribution is 7.90. The molecule has 0 aliphatic rings. The molecule has 0 saturated heterocycles. The van der Waals surface area contributed by atoms with E-state index < -0.39 is 20.9 Å². The van der Waals surface area contributed by atoms with E-state index in [1.54, 1.807) is 62.4 Å². The fourth-order valence-corrected chi connectivity index (χ4v) is 3.27. The van der Waals surface area contributed by atoms with Gasteiger partial charge in [-0.1, -0.05) is 12.1 Å². The number of nitrogens with zero attached hydrogens (tertiary/aromatic N) is 2. The fraction of sp³-hybridized carbons (Fsp3) is 0.300. The first kappa shape index (κ1) is 21.6. The van der Waals surface area contributed by atoms with Gasteiger partial charge >= 0.3 is 0 Å². The predicted molar refractivity (Wildman–Crippen MR) is 107 cm³/mol. The van der Waals surface area contributed by atoms with Gasteiger partial charge in [-0.25, -0.2) is 13.1 Å². The highest BCUT2D eigenvalue weighted by atomic mass is 32.2. The van der Waals surface area contributed by atoms with Crippen LogP contribution in [0.5, 0.6) is 0 Å². The Bertz CT molecular complexity index is 960. The van der Waals surface area contributed by atoms with E-state index in [9.17, 15) is 18.3 Å². The second-order valence-electron chi connectivity index (χ2n) is 6.87. The molecule has 0 heterocycles. The topological polar surface area (TPSA) is 110 Å². The third-order valence-corrected chi connectivity index (χ3v) is 6.17. The Hall–Kier alpha value is -2.73. The quantitative estimate of drug-likeness (QED) is 0.660. The van der Waals surface area contributed by atoms with Crippen molar-refractivity contribution in [3.8, 4) is 6.07 Å². The molecule has 7 nitrogen and oxygen atoms in total. The van der Waals surface area contributed by atoms with Crippen LogP contribution in [0.25, 0.3) is 0 Å². The highest BCUT2D eigenvalue weighted by Crippen LogP contribution is 2.27. The van der Waals surface area contributed by atoms with Crippen LogP contribution in [0.2, 0.25) is 0 Å². The third kappa shape index (κ3) is 4.95. The number of carbonyl (C=O) groups is 1. The summed E-state index contributed by atoms with van der Waals surface area (Å²) >= 11 is 0. The Labute approximate surface area is 165 Å². The van der Waals surface area contributed by atoms with E-state index in [0.29, 0.717) is 28.9 Å². The second-order valence-corrected chi connectivity index (χ2v) is 9.19. The minimum atomic E-state index is -3.49. The molecule has 0 radical (unpaired) electrons. The molecular weight excluding hydrogens is 378 g/mol. The molecule has 0 aliphatic carbocycles. The first-order valence-corrected chi connectivity index (χ1v) is 10.2. The number of amides is 1. The van der Waals surface area contributed by atoms with Crippen LogP contribution in [0.1, 0.15) is 31.9 Å². The number of hydrogen-bond acceptors (Lipinski definition) is 5. The predicted octanol–water partition coefficient (Wildman–Crippen LogP) is 2.39. The summed E-state index contributed by atoms with van der Waals surface area (Å²) in [5.41, 5.74) is 0.749. The largest absolute Gasteiger partial charge is 0.384 e. The van der Waals surface area contributed by atoms with E-state index in [2.05, 4.69) is 4.72 Å². The third-order valence-electron chi connectivity index (χ3n) is 4.39. The molecule has 0 aromatic heterocycles. The number of anilines is 2. The van der Waals surface area contributed by atoms with Crippen LogP contribution in [0.3, 0.4) is 0 Å². The number of benzene rings is 2. The van der Waals surface area contributed by atoms with Crippen LogP contribution >= 0.6 is 0 Å². The summed E-state index contributed by atoms with van der Waals surface area (Å²) in [5, 5.41) is 18.9. The van der Waals surface area contributed by atoms with Crippen molar-refractivity contribution >= 4 is 27.8 Å². The molecule has 0 fully saturated rings. The summed E-state index contributed by atoms with van der Waals surface area (Å²) in [7, 11) is -3.49. The van der Waals surface area contributed by atoms with Crippen LogP contribution in [0.4, 0.5) is 11.4 Å². The Morgan fingerprint density at radius 1 is 1.14 bits per heavy atom. The van der Waals surface area contributed by atoms with Crippen LogP contribution in [-0.4, -0.2) is 31.7 Å². The average molecular weight is 401 g/mol. The molecule has 0 bridgehead atoms. The Morgan fingerprint density at radius 3 is 2.07 bits per heavy atom. The van der Waals surface area contributed by atoms with Crippen LogP contribution in [-0.2, 0) is 20.4 Å². The molecule has 1 unspecified atom stereocenters. The number of rotatable bonds is 8. The number of aliphatic hydroxyl groups is 1. The highest BCUT2D eigenvalue weighted by Gasteiger charge is 2.27. The zero-order chi connectivity index (χ0) is 20.9. The van der Waals surface area contributed by atoms with Gasteiger partial charge in [-0.3, -0.25) is 9.69 Å². The summed E-state index contributed by atoms with van der Waals surface area (Å²) < 4.78 is 26.2. The number of carbonyl (C=O) groups excluding carboxylic acids is 1. The maximum absolute atomic E-state index is 11.9. The zero-order valence-electron chi connectivity index (χ0n) is 16.0.